The van der Waals surface area contributed by atoms with Gasteiger partial charge in [0.05, 0.1) is 5.69 Å². The van der Waals surface area contributed by atoms with Gasteiger partial charge in [-0.2, -0.15) is 12.6 Å². The van der Waals surface area contributed by atoms with Crippen LogP contribution in [-0.4, -0.2) is 5.75 Å². The summed E-state index contributed by atoms with van der Waals surface area (Å²) >= 11 is 3.97. The zero-order valence-corrected chi connectivity index (χ0v) is 7.39. The molecule has 0 spiro atoms. The summed E-state index contributed by atoms with van der Waals surface area (Å²) in [7, 11) is 0. The van der Waals surface area contributed by atoms with Crippen molar-refractivity contribution in [1.82, 2.24) is 0 Å². The van der Waals surface area contributed by atoms with Crippen LogP contribution in [0.3, 0.4) is 0 Å². The molecule has 1 rings (SSSR count). The van der Waals surface area contributed by atoms with Crippen molar-refractivity contribution in [3.8, 4) is 0 Å². The Morgan fingerprint density at radius 1 is 1.50 bits per heavy atom. The molecule has 3 heteroatoms. The summed E-state index contributed by atoms with van der Waals surface area (Å²) < 4.78 is 13.1. The number of rotatable bonds is 2. The number of hydrogen-bond acceptors (Lipinski definition) is 2. The van der Waals surface area contributed by atoms with Crippen LogP contribution in [-0.2, 0) is 0 Å². The highest BCUT2D eigenvalue weighted by Crippen LogP contribution is 2.15. The Morgan fingerprint density at radius 3 is 2.92 bits per heavy atom. The van der Waals surface area contributed by atoms with E-state index in [0.29, 0.717) is 11.3 Å². The van der Waals surface area contributed by atoms with Crippen LogP contribution in [0.1, 0.15) is 5.56 Å². The van der Waals surface area contributed by atoms with Gasteiger partial charge in [-0.3, -0.25) is 0 Å². The normalized spacial score (nSPS) is 10.8. The Hall–Kier alpha value is -0.960. The molecule has 1 nitrogen and oxygen atoms in total. The second-order valence-electron chi connectivity index (χ2n) is 2.34. The van der Waals surface area contributed by atoms with Gasteiger partial charge in [0.25, 0.3) is 0 Å². The molecule has 0 amide bonds. The fraction of sp³-hybridized carbons (Fsp3) is 0.111. The van der Waals surface area contributed by atoms with Crippen molar-refractivity contribution in [2.45, 2.75) is 0 Å². The minimum Gasteiger partial charge on any atom is -0.396 e. The van der Waals surface area contributed by atoms with Crippen molar-refractivity contribution in [2.75, 3.05) is 11.5 Å². The van der Waals surface area contributed by atoms with Crippen molar-refractivity contribution < 1.29 is 4.39 Å². The van der Waals surface area contributed by atoms with E-state index in [1.807, 2.05) is 0 Å². The van der Waals surface area contributed by atoms with Crippen LogP contribution in [0.25, 0.3) is 6.08 Å². The monoisotopic (exact) mass is 183 g/mol. The topological polar surface area (TPSA) is 26.0 Å². The molecule has 2 N–H and O–H groups in total. The summed E-state index contributed by atoms with van der Waals surface area (Å²) in [6.45, 7) is 0. The molecule has 0 unspecified atom stereocenters. The Bertz CT molecular complexity index is 297. The molecule has 0 saturated carbocycles. The molecule has 0 aliphatic rings. The van der Waals surface area contributed by atoms with Crippen LogP contribution in [0.4, 0.5) is 10.1 Å². The highest BCUT2D eigenvalue weighted by Gasteiger charge is 2.00. The number of anilines is 1. The summed E-state index contributed by atoms with van der Waals surface area (Å²) in [6.07, 6.45) is 3.43. The number of hydrogen-bond donors (Lipinski definition) is 2. The fourth-order valence-corrected chi connectivity index (χ4v) is 0.982. The first-order chi connectivity index (χ1) is 5.75. The van der Waals surface area contributed by atoms with Gasteiger partial charge in [0.1, 0.15) is 0 Å². The van der Waals surface area contributed by atoms with E-state index in [0.717, 1.165) is 0 Å². The van der Waals surface area contributed by atoms with Crippen LogP contribution >= 0.6 is 12.6 Å². The van der Waals surface area contributed by atoms with E-state index < -0.39 is 0 Å². The van der Waals surface area contributed by atoms with Crippen LogP contribution in [0.15, 0.2) is 24.3 Å². The number of thiol groups is 1. The molecular formula is C9H10FNS. The molecule has 0 aliphatic heterocycles. The molecule has 0 heterocycles. The predicted octanol–water partition coefficient (Wildman–Crippen LogP) is 2.35. The Labute approximate surface area is 76.5 Å². The van der Waals surface area contributed by atoms with Crippen LogP contribution in [0, 0.1) is 5.82 Å². The van der Waals surface area contributed by atoms with Gasteiger partial charge in [0.2, 0.25) is 0 Å². The van der Waals surface area contributed by atoms with Crippen LogP contribution in [0.2, 0.25) is 0 Å². The van der Waals surface area contributed by atoms with Crippen LogP contribution in [0.5, 0.6) is 0 Å². The SMILES string of the molecule is Nc1cccc(C=CCS)c1F. The maximum atomic E-state index is 13.1. The first-order valence-electron chi connectivity index (χ1n) is 3.57. The fourth-order valence-electron chi connectivity index (χ4n) is 0.877. The van der Waals surface area contributed by atoms with E-state index in [1.165, 1.54) is 6.07 Å². The van der Waals surface area contributed by atoms with E-state index in [1.54, 1.807) is 24.3 Å². The lowest BCUT2D eigenvalue weighted by Crippen LogP contribution is -1.92. The highest BCUT2D eigenvalue weighted by molar-refractivity contribution is 7.80. The average molecular weight is 183 g/mol. The smallest absolute Gasteiger partial charge is 0.153 e. The Kier molecular flexibility index (Phi) is 3.17. The molecule has 0 radical (unpaired) electrons. The molecule has 0 atom stereocenters. The molecule has 12 heavy (non-hydrogen) atoms. The zero-order chi connectivity index (χ0) is 8.97. The van der Waals surface area contributed by atoms with Gasteiger partial charge in [-0.05, 0) is 6.07 Å². The van der Waals surface area contributed by atoms with Gasteiger partial charge in [-0.1, -0.05) is 24.3 Å². The molecule has 1 aromatic rings. The minimum absolute atomic E-state index is 0.177. The zero-order valence-electron chi connectivity index (χ0n) is 6.50. The van der Waals surface area contributed by atoms with Crippen molar-refractivity contribution in [3.63, 3.8) is 0 Å². The van der Waals surface area contributed by atoms with Crippen molar-refractivity contribution in [1.29, 1.82) is 0 Å². The lowest BCUT2D eigenvalue weighted by molar-refractivity contribution is 0.630. The first-order valence-corrected chi connectivity index (χ1v) is 4.20. The van der Waals surface area contributed by atoms with Gasteiger partial charge in [0.15, 0.2) is 5.82 Å². The number of benzene rings is 1. The van der Waals surface area contributed by atoms with Gasteiger partial charge in [-0.25, -0.2) is 4.39 Å². The Balaban J connectivity index is 3.00. The summed E-state index contributed by atoms with van der Waals surface area (Å²) in [5.41, 5.74) is 6.05. The molecular weight excluding hydrogens is 173 g/mol. The molecule has 0 aromatic heterocycles. The van der Waals surface area contributed by atoms with E-state index >= 15 is 0 Å². The summed E-state index contributed by atoms with van der Waals surface area (Å²) in [4.78, 5) is 0. The average Bonchev–Trinajstić information content (AvgIpc) is 2.08. The maximum Gasteiger partial charge on any atom is 0.153 e. The van der Waals surface area contributed by atoms with E-state index in [-0.39, 0.29) is 11.5 Å². The number of nitrogens with two attached hydrogens (primary N) is 1. The molecule has 0 fully saturated rings. The lowest BCUT2D eigenvalue weighted by atomic mass is 10.2. The van der Waals surface area contributed by atoms with E-state index in [2.05, 4.69) is 12.6 Å². The lowest BCUT2D eigenvalue weighted by Gasteiger charge is -1.98. The van der Waals surface area contributed by atoms with E-state index in [4.69, 9.17) is 5.73 Å². The van der Waals surface area contributed by atoms with Crippen molar-refractivity contribution in [2.24, 2.45) is 0 Å². The third-order valence-corrected chi connectivity index (χ3v) is 1.67. The highest BCUT2D eigenvalue weighted by atomic mass is 32.1. The molecule has 0 saturated heterocycles. The van der Waals surface area contributed by atoms with Crippen molar-refractivity contribution in [3.05, 3.63) is 35.7 Å². The van der Waals surface area contributed by atoms with Crippen molar-refractivity contribution >= 4 is 24.4 Å². The summed E-state index contributed by atoms with van der Waals surface area (Å²) in [6, 6.07) is 4.93. The Morgan fingerprint density at radius 2 is 2.25 bits per heavy atom. The molecule has 1 aromatic carbocycles. The van der Waals surface area contributed by atoms with Crippen LogP contribution < -0.4 is 5.73 Å². The summed E-state index contributed by atoms with van der Waals surface area (Å²) in [5, 5.41) is 0. The number of nitrogen functional groups attached to an aromatic ring is 1. The first kappa shape index (κ1) is 9.13. The number of halogens is 1. The molecule has 0 bridgehead atoms. The standard InChI is InChI=1S/C9H10FNS/c10-9-7(4-2-6-12)3-1-5-8(9)11/h1-5,12H,6,11H2. The second kappa shape index (κ2) is 4.16. The minimum atomic E-state index is -0.365. The van der Waals surface area contributed by atoms with Gasteiger partial charge >= 0.3 is 0 Å². The van der Waals surface area contributed by atoms with Gasteiger partial charge in [-0.15, -0.1) is 0 Å². The van der Waals surface area contributed by atoms with E-state index in [9.17, 15) is 4.39 Å². The third-order valence-electron chi connectivity index (χ3n) is 1.46. The third kappa shape index (κ3) is 2.01. The van der Waals surface area contributed by atoms with Gasteiger partial charge < -0.3 is 5.73 Å². The maximum absolute atomic E-state index is 13.1. The second-order valence-corrected chi connectivity index (χ2v) is 2.70. The molecule has 64 valence electrons. The predicted molar refractivity (Wildman–Crippen MR) is 53.7 cm³/mol. The van der Waals surface area contributed by atoms with Gasteiger partial charge in [0, 0.05) is 11.3 Å². The largest absolute Gasteiger partial charge is 0.396 e. The molecule has 0 aliphatic carbocycles. The quantitative estimate of drug-likeness (QED) is 0.534. The summed E-state index contributed by atoms with van der Waals surface area (Å²) in [5.74, 6) is 0.226.